The van der Waals surface area contributed by atoms with Gasteiger partial charge in [-0.1, -0.05) is 13.8 Å². The van der Waals surface area contributed by atoms with Gasteiger partial charge in [-0.05, 0) is 30.7 Å². The van der Waals surface area contributed by atoms with Gasteiger partial charge in [-0.25, -0.2) is 4.39 Å². The molecule has 1 aliphatic rings. The van der Waals surface area contributed by atoms with Crippen molar-refractivity contribution in [2.45, 2.75) is 20.3 Å². The lowest BCUT2D eigenvalue weighted by Crippen LogP contribution is -3.15. The number of hydrogen-bond donors (Lipinski definition) is 3. The van der Waals surface area contributed by atoms with Crippen molar-refractivity contribution >= 4 is 17.5 Å². The summed E-state index contributed by atoms with van der Waals surface area (Å²) in [5.41, 5.74) is 0.509. The van der Waals surface area contributed by atoms with Gasteiger partial charge in [-0.15, -0.1) is 0 Å². The van der Waals surface area contributed by atoms with Crippen LogP contribution in [-0.2, 0) is 9.59 Å². The Hall–Kier alpha value is -1.95. The Morgan fingerprint density at radius 2 is 1.74 bits per heavy atom. The summed E-state index contributed by atoms with van der Waals surface area (Å²) in [5.74, 6) is 0.465. The summed E-state index contributed by atoms with van der Waals surface area (Å²) in [5, 5.41) is 5.26. The molecule has 2 amide bonds. The zero-order valence-electron chi connectivity index (χ0n) is 13.7. The first-order valence-corrected chi connectivity index (χ1v) is 8.08. The van der Waals surface area contributed by atoms with E-state index in [1.165, 1.54) is 35.6 Å². The molecule has 5 nitrogen and oxygen atoms in total. The number of piperidine rings is 1. The van der Waals surface area contributed by atoms with Gasteiger partial charge in [-0.3, -0.25) is 9.59 Å². The van der Waals surface area contributed by atoms with Gasteiger partial charge in [-0.2, -0.15) is 0 Å². The largest absolute Gasteiger partial charge is 0.342 e. The minimum atomic E-state index is -0.357. The average Bonchev–Trinajstić information content (AvgIpc) is 2.46. The average molecular weight is 322 g/mol. The number of amides is 2. The van der Waals surface area contributed by atoms with Crippen LogP contribution in [0.4, 0.5) is 10.1 Å². The fraction of sp³-hybridized carbons (Fsp3) is 0.529. The number of hydrogen-bond acceptors (Lipinski definition) is 2. The molecule has 3 N–H and O–H groups in total. The van der Waals surface area contributed by atoms with Gasteiger partial charge >= 0.3 is 0 Å². The minimum Gasteiger partial charge on any atom is -0.342 e. The smallest absolute Gasteiger partial charge is 0.275 e. The van der Waals surface area contributed by atoms with E-state index in [0.29, 0.717) is 24.1 Å². The van der Waals surface area contributed by atoms with Gasteiger partial charge in [0, 0.05) is 17.5 Å². The van der Waals surface area contributed by atoms with Crippen LogP contribution in [0.15, 0.2) is 24.3 Å². The molecule has 1 aromatic carbocycles. The second-order valence-electron chi connectivity index (χ2n) is 6.61. The van der Waals surface area contributed by atoms with E-state index in [4.69, 9.17) is 0 Å². The third kappa shape index (κ3) is 5.98. The molecule has 1 aliphatic heterocycles. The van der Waals surface area contributed by atoms with Crippen molar-refractivity contribution in [3.05, 3.63) is 30.1 Å². The SMILES string of the molecule is C[C@H]1C[C@H](C)C[NH+](CC(=O)NCC(=O)Nc2ccc(F)cc2)C1. The third-order valence-corrected chi connectivity index (χ3v) is 4.06. The van der Waals surface area contributed by atoms with Crippen LogP contribution in [-0.4, -0.2) is 38.0 Å². The highest BCUT2D eigenvalue weighted by Crippen LogP contribution is 2.11. The van der Waals surface area contributed by atoms with E-state index in [9.17, 15) is 14.0 Å². The zero-order valence-corrected chi connectivity index (χ0v) is 13.7. The Kier molecular flexibility index (Phi) is 6.10. The van der Waals surface area contributed by atoms with Gasteiger partial charge < -0.3 is 15.5 Å². The number of quaternary nitrogens is 1. The number of halogens is 1. The van der Waals surface area contributed by atoms with Crippen LogP contribution in [0, 0.1) is 17.7 Å². The van der Waals surface area contributed by atoms with Crippen LogP contribution in [0.1, 0.15) is 20.3 Å². The first-order chi connectivity index (χ1) is 10.9. The van der Waals surface area contributed by atoms with Crippen LogP contribution in [0.3, 0.4) is 0 Å². The highest BCUT2D eigenvalue weighted by Gasteiger charge is 2.26. The predicted molar refractivity (Wildman–Crippen MR) is 86.5 cm³/mol. The number of rotatable bonds is 5. The van der Waals surface area contributed by atoms with Crippen LogP contribution in [0.5, 0.6) is 0 Å². The summed E-state index contributed by atoms with van der Waals surface area (Å²) in [7, 11) is 0. The summed E-state index contributed by atoms with van der Waals surface area (Å²) in [4.78, 5) is 25.0. The quantitative estimate of drug-likeness (QED) is 0.737. The normalized spacial score (nSPS) is 24.0. The van der Waals surface area contributed by atoms with E-state index >= 15 is 0 Å². The van der Waals surface area contributed by atoms with Crippen molar-refractivity contribution in [2.75, 3.05) is 31.5 Å². The number of carbonyl (C=O) groups excluding carboxylic acids is 2. The standard InChI is InChI=1S/C17H24FN3O2/c1-12-7-13(2)10-21(9-12)11-17(23)19-8-16(22)20-15-5-3-14(18)4-6-15/h3-6,12-13H,7-11H2,1-2H3,(H,19,23)(H,20,22)/p+1/t12-,13-/m0/s1. The Labute approximate surface area is 136 Å². The lowest BCUT2D eigenvalue weighted by Gasteiger charge is -2.31. The van der Waals surface area contributed by atoms with E-state index < -0.39 is 0 Å². The molecular weight excluding hydrogens is 297 g/mol. The molecule has 0 aromatic heterocycles. The third-order valence-electron chi connectivity index (χ3n) is 4.06. The molecule has 0 aliphatic carbocycles. The Balaban J connectivity index is 1.71. The first kappa shape index (κ1) is 17.4. The van der Waals surface area contributed by atoms with E-state index in [1.807, 2.05) is 0 Å². The molecule has 0 saturated carbocycles. The number of carbonyl (C=O) groups is 2. The molecule has 23 heavy (non-hydrogen) atoms. The lowest BCUT2D eigenvalue weighted by molar-refractivity contribution is -0.904. The molecule has 6 heteroatoms. The lowest BCUT2D eigenvalue weighted by atomic mass is 9.92. The molecular formula is C17H25FN3O2+. The molecule has 1 fully saturated rings. The fourth-order valence-corrected chi connectivity index (χ4v) is 3.27. The Morgan fingerprint density at radius 3 is 2.35 bits per heavy atom. The van der Waals surface area contributed by atoms with Crippen LogP contribution < -0.4 is 15.5 Å². The molecule has 1 aromatic rings. The van der Waals surface area contributed by atoms with Crippen molar-refractivity contribution in [3.63, 3.8) is 0 Å². The Morgan fingerprint density at radius 1 is 1.13 bits per heavy atom. The molecule has 0 radical (unpaired) electrons. The van der Waals surface area contributed by atoms with Crippen molar-refractivity contribution in [1.82, 2.24) is 5.32 Å². The van der Waals surface area contributed by atoms with Gasteiger partial charge in [0.1, 0.15) is 5.82 Å². The molecule has 0 unspecified atom stereocenters. The summed E-state index contributed by atoms with van der Waals surface area (Å²) < 4.78 is 12.8. The molecule has 0 bridgehead atoms. The highest BCUT2D eigenvalue weighted by molar-refractivity contribution is 5.94. The van der Waals surface area contributed by atoms with Gasteiger partial charge in [0.05, 0.1) is 19.6 Å². The number of benzene rings is 1. The summed E-state index contributed by atoms with van der Waals surface area (Å²) in [6.07, 6.45) is 1.21. The zero-order chi connectivity index (χ0) is 16.8. The predicted octanol–water partition coefficient (Wildman–Crippen LogP) is 0.441. The fourth-order valence-electron chi connectivity index (χ4n) is 3.27. The molecule has 1 saturated heterocycles. The van der Waals surface area contributed by atoms with Crippen LogP contribution in [0.25, 0.3) is 0 Å². The van der Waals surface area contributed by atoms with E-state index in [1.54, 1.807) is 0 Å². The molecule has 0 spiro atoms. The second-order valence-corrected chi connectivity index (χ2v) is 6.61. The van der Waals surface area contributed by atoms with Crippen molar-refractivity contribution < 1.29 is 18.9 Å². The maximum absolute atomic E-state index is 12.8. The summed E-state index contributed by atoms with van der Waals surface area (Å²) in [6, 6.07) is 5.51. The van der Waals surface area contributed by atoms with E-state index in [2.05, 4.69) is 24.5 Å². The highest BCUT2D eigenvalue weighted by atomic mass is 19.1. The minimum absolute atomic E-state index is 0.0748. The van der Waals surface area contributed by atoms with E-state index in [-0.39, 0.29) is 24.2 Å². The topological polar surface area (TPSA) is 62.6 Å². The molecule has 1 heterocycles. The number of likely N-dealkylation sites (tertiary alicyclic amines) is 1. The summed E-state index contributed by atoms with van der Waals surface area (Å²) in [6.45, 7) is 6.75. The maximum atomic E-state index is 12.8. The number of nitrogens with one attached hydrogen (secondary N) is 3. The van der Waals surface area contributed by atoms with Gasteiger partial charge in [0.15, 0.2) is 6.54 Å². The second kappa shape index (κ2) is 8.06. The molecule has 2 atom stereocenters. The summed E-state index contributed by atoms with van der Waals surface area (Å²) >= 11 is 0. The molecule has 126 valence electrons. The first-order valence-electron chi connectivity index (χ1n) is 8.08. The van der Waals surface area contributed by atoms with Crippen molar-refractivity contribution in [1.29, 1.82) is 0 Å². The van der Waals surface area contributed by atoms with Crippen molar-refractivity contribution in [2.24, 2.45) is 11.8 Å². The van der Waals surface area contributed by atoms with Gasteiger partial charge in [0.25, 0.3) is 5.91 Å². The molecule has 2 rings (SSSR count). The maximum Gasteiger partial charge on any atom is 0.275 e. The number of anilines is 1. The Bertz CT molecular complexity index is 537. The van der Waals surface area contributed by atoms with E-state index in [0.717, 1.165) is 13.1 Å². The van der Waals surface area contributed by atoms with Crippen molar-refractivity contribution in [3.8, 4) is 0 Å². The monoisotopic (exact) mass is 322 g/mol. The van der Waals surface area contributed by atoms with Gasteiger partial charge in [0.2, 0.25) is 5.91 Å². The van der Waals surface area contributed by atoms with Crippen LogP contribution >= 0.6 is 0 Å². The van der Waals surface area contributed by atoms with Crippen LogP contribution in [0.2, 0.25) is 0 Å².